The third-order valence-corrected chi connectivity index (χ3v) is 8.95. The van der Waals surface area contributed by atoms with E-state index in [1.54, 1.807) is 0 Å². The number of amides is 1. The molecule has 0 radical (unpaired) electrons. The monoisotopic (exact) mass is 566 g/mol. The molecule has 2 aromatic carbocycles. The van der Waals surface area contributed by atoms with Crippen LogP contribution in [-0.2, 0) is 10.0 Å². The van der Waals surface area contributed by atoms with Crippen LogP contribution in [0.2, 0.25) is 0 Å². The van der Waals surface area contributed by atoms with Gasteiger partial charge in [-0.15, -0.1) is 11.3 Å². The summed E-state index contributed by atoms with van der Waals surface area (Å²) in [4.78, 5) is 18.7. The second-order valence-corrected chi connectivity index (χ2v) is 11.7. The smallest absolute Gasteiger partial charge is 0.267 e. The minimum absolute atomic E-state index is 0.0233. The van der Waals surface area contributed by atoms with E-state index in [0.717, 1.165) is 25.5 Å². The molecule has 0 N–H and O–H groups in total. The number of nitriles is 2. The molecule has 0 atom stereocenters. The van der Waals surface area contributed by atoms with Crippen molar-refractivity contribution in [3.63, 3.8) is 0 Å². The van der Waals surface area contributed by atoms with Crippen LogP contribution in [-0.4, -0.2) is 42.9 Å². The largest absolute Gasteiger partial charge is 0.280 e. The number of rotatable bonds is 10. The lowest BCUT2D eigenvalue weighted by Crippen LogP contribution is -2.33. The average Bonchev–Trinajstić information content (AvgIpc) is 3.58. The summed E-state index contributed by atoms with van der Waals surface area (Å²) in [6.45, 7) is -0.102. The van der Waals surface area contributed by atoms with E-state index in [9.17, 15) is 17.6 Å². The number of thiophene rings is 1. The molecule has 0 unspecified atom stereocenters. The number of anilines is 1. The number of hydrogen-bond donors (Lipinski definition) is 0. The standard InChI is InChI=1S/C25H19FN6O3S3/c26-19-7-10-22-23(16-19)37-25(30-22)32(29-17-20-4-1-15-36-20)24(33)18-5-8-21(9-6-18)38(34,35)31(13-2-11-27)14-3-12-28/h1,4-10,15-17H,2-3,13-14H2/b29-17+. The Kier molecular flexibility index (Phi) is 8.55. The number of halogens is 1. The maximum atomic E-state index is 13.7. The van der Waals surface area contributed by atoms with Crippen LogP contribution in [0.4, 0.5) is 9.52 Å². The molecule has 4 rings (SSSR count). The van der Waals surface area contributed by atoms with Gasteiger partial charge < -0.3 is 0 Å². The predicted molar refractivity (Wildman–Crippen MR) is 144 cm³/mol. The summed E-state index contributed by atoms with van der Waals surface area (Å²) in [7, 11) is -3.99. The summed E-state index contributed by atoms with van der Waals surface area (Å²) in [6, 6.07) is 16.9. The molecule has 0 bridgehead atoms. The third kappa shape index (κ3) is 6.10. The van der Waals surface area contributed by atoms with Crippen molar-refractivity contribution >= 4 is 60.2 Å². The van der Waals surface area contributed by atoms with Gasteiger partial charge in [-0.2, -0.15) is 24.9 Å². The van der Waals surface area contributed by atoms with E-state index < -0.39 is 21.7 Å². The number of fused-ring (bicyclic) bond motifs is 1. The fraction of sp³-hybridized carbons (Fsp3) is 0.160. The highest BCUT2D eigenvalue weighted by Crippen LogP contribution is 2.31. The molecule has 38 heavy (non-hydrogen) atoms. The quantitative estimate of drug-likeness (QED) is 0.196. The summed E-state index contributed by atoms with van der Waals surface area (Å²) in [5.41, 5.74) is 0.658. The number of carbonyl (C=O) groups is 1. The van der Waals surface area contributed by atoms with Gasteiger partial charge in [-0.25, -0.2) is 17.8 Å². The number of benzene rings is 2. The number of sulfonamides is 1. The van der Waals surface area contributed by atoms with Crippen molar-refractivity contribution in [2.45, 2.75) is 17.7 Å². The molecule has 0 fully saturated rings. The molecule has 0 aliphatic carbocycles. The van der Waals surface area contributed by atoms with Gasteiger partial charge in [0.25, 0.3) is 5.91 Å². The first kappa shape index (κ1) is 27.0. The summed E-state index contributed by atoms with van der Waals surface area (Å²) in [5, 5.41) is 25.3. The average molecular weight is 567 g/mol. The minimum atomic E-state index is -3.99. The van der Waals surface area contributed by atoms with Gasteiger partial charge in [0.05, 0.1) is 33.5 Å². The van der Waals surface area contributed by atoms with E-state index in [1.165, 1.54) is 60.0 Å². The lowest BCUT2D eigenvalue weighted by atomic mass is 10.2. The molecular formula is C25H19FN6O3S3. The number of nitrogens with zero attached hydrogens (tertiary/aromatic N) is 6. The Labute approximate surface area is 226 Å². The number of hydrogen-bond acceptors (Lipinski definition) is 9. The molecule has 13 heteroatoms. The first-order valence-electron chi connectivity index (χ1n) is 11.2. The first-order valence-corrected chi connectivity index (χ1v) is 14.3. The second kappa shape index (κ2) is 12.0. The van der Waals surface area contributed by atoms with Crippen LogP contribution in [0.1, 0.15) is 28.1 Å². The summed E-state index contributed by atoms with van der Waals surface area (Å²) < 4.78 is 41.5. The van der Waals surface area contributed by atoms with Crippen LogP contribution in [0.25, 0.3) is 10.2 Å². The molecule has 0 spiro atoms. The molecule has 4 aromatic rings. The van der Waals surface area contributed by atoms with Crippen molar-refractivity contribution in [3.8, 4) is 12.1 Å². The molecule has 1 amide bonds. The molecule has 0 saturated heterocycles. The molecule has 2 heterocycles. The number of hydrazone groups is 1. The van der Waals surface area contributed by atoms with Crippen molar-refractivity contribution in [1.82, 2.24) is 9.29 Å². The van der Waals surface area contributed by atoms with E-state index in [1.807, 2.05) is 29.7 Å². The number of carbonyl (C=O) groups excluding carboxylic acids is 1. The van der Waals surface area contributed by atoms with Crippen molar-refractivity contribution in [1.29, 1.82) is 10.5 Å². The van der Waals surface area contributed by atoms with Gasteiger partial charge in [-0.05, 0) is 53.9 Å². The fourth-order valence-corrected chi connectivity index (χ4v) is 6.36. The van der Waals surface area contributed by atoms with Crippen LogP contribution in [0.5, 0.6) is 0 Å². The van der Waals surface area contributed by atoms with Crippen LogP contribution >= 0.6 is 22.7 Å². The number of aromatic nitrogens is 1. The van der Waals surface area contributed by atoms with Crippen molar-refractivity contribution in [2.75, 3.05) is 18.1 Å². The lowest BCUT2D eigenvalue weighted by Gasteiger charge is -2.20. The van der Waals surface area contributed by atoms with Gasteiger partial charge in [0.2, 0.25) is 15.2 Å². The zero-order chi connectivity index (χ0) is 27.1. The van der Waals surface area contributed by atoms with Crippen molar-refractivity contribution in [3.05, 3.63) is 76.2 Å². The van der Waals surface area contributed by atoms with E-state index in [4.69, 9.17) is 10.5 Å². The summed E-state index contributed by atoms with van der Waals surface area (Å²) in [5.74, 6) is -0.991. The van der Waals surface area contributed by atoms with Crippen LogP contribution < -0.4 is 5.01 Å². The molecule has 9 nitrogen and oxygen atoms in total. The Hall–Kier alpha value is -4.01. The highest BCUT2D eigenvalue weighted by molar-refractivity contribution is 7.89. The Balaban J connectivity index is 1.66. The van der Waals surface area contributed by atoms with Crippen LogP contribution in [0.15, 0.2) is 70.0 Å². The molecule has 2 aromatic heterocycles. The zero-order valence-electron chi connectivity index (χ0n) is 19.7. The molecule has 192 valence electrons. The fourth-order valence-electron chi connectivity index (χ4n) is 3.39. The Bertz CT molecular complexity index is 1640. The van der Waals surface area contributed by atoms with Gasteiger partial charge in [-0.3, -0.25) is 4.79 Å². The normalized spacial score (nSPS) is 11.6. The summed E-state index contributed by atoms with van der Waals surface area (Å²) in [6.07, 6.45) is 1.46. The molecule has 0 saturated carbocycles. The molecule has 0 aliphatic rings. The predicted octanol–water partition coefficient (Wildman–Crippen LogP) is 5.00. The van der Waals surface area contributed by atoms with Crippen molar-refractivity contribution < 1.29 is 17.6 Å². The Morgan fingerprint density at radius 3 is 2.42 bits per heavy atom. The molecular weight excluding hydrogens is 548 g/mol. The van der Waals surface area contributed by atoms with Gasteiger partial charge in [-0.1, -0.05) is 17.4 Å². The van der Waals surface area contributed by atoms with E-state index in [2.05, 4.69) is 10.1 Å². The highest BCUT2D eigenvalue weighted by atomic mass is 32.2. The van der Waals surface area contributed by atoms with Gasteiger partial charge in [0.15, 0.2) is 0 Å². The zero-order valence-corrected chi connectivity index (χ0v) is 22.1. The first-order chi connectivity index (χ1) is 18.3. The van der Waals surface area contributed by atoms with Gasteiger partial charge in [0, 0.05) is 36.4 Å². The maximum absolute atomic E-state index is 13.7. The summed E-state index contributed by atoms with van der Waals surface area (Å²) >= 11 is 2.52. The van der Waals surface area contributed by atoms with E-state index in [-0.39, 0.29) is 41.5 Å². The van der Waals surface area contributed by atoms with Crippen LogP contribution in [0.3, 0.4) is 0 Å². The maximum Gasteiger partial charge on any atom is 0.280 e. The van der Waals surface area contributed by atoms with E-state index in [0.29, 0.717) is 10.2 Å². The number of thiazole rings is 1. The highest BCUT2D eigenvalue weighted by Gasteiger charge is 2.26. The van der Waals surface area contributed by atoms with Crippen molar-refractivity contribution in [2.24, 2.45) is 5.10 Å². The second-order valence-electron chi connectivity index (χ2n) is 7.73. The Morgan fingerprint density at radius 2 is 1.79 bits per heavy atom. The SMILES string of the molecule is N#CCCN(CCC#N)S(=O)(=O)c1ccc(C(=O)N(/N=C/c2cccs2)c2nc3ccc(F)cc3s2)cc1. The third-order valence-electron chi connectivity index (χ3n) is 5.24. The van der Waals surface area contributed by atoms with Gasteiger partial charge >= 0.3 is 0 Å². The molecule has 0 aliphatic heterocycles. The van der Waals surface area contributed by atoms with Crippen LogP contribution in [0, 0.1) is 28.5 Å². The van der Waals surface area contributed by atoms with E-state index >= 15 is 0 Å². The lowest BCUT2D eigenvalue weighted by molar-refractivity contribution is 0.0987. The minimum Gasteiger partial charge on any atom is -0.267 e. The van der Waals surface area contributed by atoms with Gasteiger partial charge in [0.1, 0.15) is 5.82 Å². The Morgan fingerprint density at radius 1 is 1.08 bits per heavy atom. The topological polar surface area (TPSA) is 131 Å².